The summed E-state index contributed by atoms with van der Waals surface area (Å²) in [5, 5.41) is 8.60. The van der Waals surface area contributed by atoms with E-state index in [-0.39, 0.29) is 23.6 Å². The zero-order chi connectivity index (χ0) is 14.0. The molecule has 2 aromatic rings. The summed E-state index contributed by atoms with van der Waals surface area (Å²) in [5.41, 5.74) is -1.13. The molecule has 102 valence electrons. The Morgan fingerprint density at radius 3 is 2.37 bits per heavy atom. The normalized spacial score (nSPS) is 11.8. The number of hydrogen-bond acceptors (Lipinski definition) is 5. The first-order valence-electron chi connectivity index (χ1n) is 5.31. The number of H-pyrrole nitrogens is 2. The summed E-state index contributed by atoms with van der Waals surface area (Å²) >= 11 is 0. The van der Waals surface area contributed by atoms with Crippen molar-refractivity contribution in [2.24, 2.45) is 0 Å². The summed E-state index contributed by atoms with van der Waals surface area (Å²) in [7, 11) is -3.76. The summed E-state index contributed by atoms with van der Waals surface area (Å²) in [5.74, 6) is 0. The van der Waals surface area contributed by atoms with Crippen LogP contribution in [-0.4, -0.2) is 36.6 Å². The Balaban J connectivity index is 2.56. The standard InChI is InChI=1S/C10H11N3O5S/c14-4-3-11-19(17,18)6-1-2-7-8(5-6)13-10(16)9(15)12-7/h1-2,5,11,14H,3-4H2,(H,12,15)(H,13,16). The van der Waals surface area contributed by atoms with Crippen LogP contribution in [0.25, 0.3) is 11.0 Å². The molecule has 0 aliphatic heterocycles. The molecule has 8 nitrogen and oxygen atoms in total. The molecule has 1 aromatic heterocycles. The maximum absolute atomic E-state index is 11.8. The molecular formula is C10H11N3O5S. The maximum Gasteiger partial charge on any atom is 0.314 e. The monoisotopic (exact) mass is 285 g/mol. The second-order valence-corrected chi connectivity index (χ2v) is 5.50. The molecule has 19 heavy (non-hydrogen) atoms. The summed E-state index contributed by atoms with van der Waals surface area (Å²) in [6.45, 7) is -0.431. The summed E-state index contributed by atoms with van der Waals surface area (Å²) in [6, 6.07) is 3.89. The fraction of sp³-hybridized carbons (Fsp3) is 0.200. The van der Waals surface area contributed by atoms with Gasteiger partial charge in [0.25, 0.3) is 0 Å². The van der Waals surface area contributed by atoms with Crippen LogP contribution in [-0.2, 0) is 10.0 Å². The molecule has 2 rings (SSSR count). The van der Waals surface area contributed by atoms with E-state index >= 15 is 0 Å². The SMILES string of the molecule is O=c1[nH]c2ccc(S(=O)(=O)NCCO)cc2[nH]c1=O. The molecule has 4 N–H and O–H groups in total. The number of fused-ring (bicyclic) bond motifs is 1. The van der Waals surface area contributed by atoms with Gasteiger partial charge in [0.1, 0.15) is 0 Å². The summed E-state index contributed by atoms with van der Waals surface area (Å²) in [4.78, 5) is 26.8. The minimum atomic E-state index is -3.76. The first-order valence-corrected chi connectivity index (χ1v) is 6.79. The van der Waals surface area contributed by atoms with E-state index in [0.29, 0.717) is 5.52 Å². The lowest BCUT2D eigenvalue weighted by atomic mass is 10.3. The topological polar surface area (TPSA) is 132 Å². The quantitative estimate of drug-likeness (QED) is 0.507. The molecule has 0 bridgehead atoms. The first-order chi connectivity index (χ1) is 8.94. The Kier molecular flexibility index (Phi) is 3.51. The molecule has 1 aromatic carbocycles. The smallest absolute Gasteiger partial charge is 0.314 e. The average Bonchev–Trinajstić information content (AvgIpc) is 2.37. The van der Waals surface area contributed by atoms with Crippen molar-refractivity contribution in [1.82, 2.24) is 14.7 Å². The van der Waals surface area contributed by atoms with E-state index in [2.05, 4.69) is 14.7 Å². The Hall–Kier alpha value is -1.97. The van der Waals surface area contributed by atoms with Gasteiger partial charge >= 0.3 is 11.1 Å². The van der Waals surface area contributed by atoms with E-state index < -0.39 is 21.1 Å². The van der Waals surface area contributed by atoms with Crippen molar-refractivity contribution in [2.75, 3.05) is 13.2 Å². The fourth-order valence-electron chi connectivity index (χ4n) is 1.52. The lowest BCUT2D eigenvalue weighted by Gasteiger charge is -2.06. The van der Waals surface area contributed by atoms with Crippen molar-refractivity contribution in [1.29, 1.82) is 0 Å². The molecule has 0 radical (unpaired) electrons. The van der Waals surface area contributed by atoms with Crippen LogP contribution in [0.5, 0.6) is 0 Å². The zero-order valence-corrected chi connectivity index (χ0v) is 10.5. The second-order valence-electron chi connectivity index (χ2n) is 3.74. The van der Waals surface area contributed by atoms with Crippen LogP contribution in [0.2, 0.25) is 0 Å². The molecule has 0 aliphatic carbocycles. The molecular weight excluding hydrogens is 274 g/mol. The van der Waals surface area contributed by atoms with E-state index in [1.807, 2.05) is 0 Å². The van der Waals surface area contributed by atoms with E-state index in [9.17, 15) is 18.0 Å². The Morgan fingerprint density at radius 2 is 1.74 bits per heavy atom. The third-order valence-electron chi connectivity index (χ3n) is 2.41. The minimum Gasteiger partial charge on any atom is -0.395 e. The van der Waals surface area contributed by atoms with Gasteiger partial charge in [-0.1, -0.05) is 0 Å². The highest BCUT2D eigenvalue weighted by molar-refractivity contribution is 7.89. The lowest BCUT2D eigenvalue weighted by molar-refractivity contribution is 0.301. The van der Waals surface area contributed by atoms with Gasteiger partial charge in [-0.25, -0.2) is 13.1 Å². The van der Waals surface area contributed by atoms with Crippen LogP contribution < -0.4 is 15.8 Å². The number of aromatic nitrogens is 2. The van der Waals surface area contributed by atoms with E-state index in [1.54, 1.807) is 0 Å². The summed E-state index contributed by atoms with van der Waals surface area (Å²) < 4.78 is 25.8. The third-order valence-corrected chi connectivity index (χ3v) is 3.87. The first kappa shape index (κ1) is 13.5. The van der Waals surface area contributed by atoms with Gasteiger partial charge in [-0.15, -0.1) is 0 Å². The van der Waals surface area contributed by atoms with Crippen molar-refractivity contribution in [2.45, 2.75) is 4.90 Å². The zero-order valence-electron chi connectivity index (χ0n) is 9.63. The highest BCUT2D eigenvalue weighted by atomic mass is 32.2. The molecule has 0 unspecified atom stereocenters. The molecule has 0 fully saturated rings. The Bertz CT molecular complexity index is 821. The number of aromatic amines is 2. The van der Waals surface area contributed by atoms with Crippen molar-refractivity contribution >= 4 is 21.1 Å². The second kappa shape index (κ2) is 4.96. The highest BCUT2D eigenvalue weighted by Crippen LogP contribution is 2.13. The Morgan fingerprint density at radius 1 is 1.11 bits per heavy atom. The average molecular weight is 285 g/mol. The van der Waals surface area contributed by atoms with Crippen molar-refractivity contribution in [3.05, 3.63) is 38.9 Å². The van der Waals surface area contributed by atoms with Crippen LogP contribution >= 0.6 is 0 Å². The molecule has 0 saturated heterocycles. The van der Waals surface area contributed by atoms with Gasteiger partial charge in [-0.05, 0) is 18.2 Å². The van der Waals surface area contributed by atoms with Crippen LogP contribution in [0.3, 0.4) is 0 Å². The number of aliphatic hydroxyl groups is 1. The lowest BCUT2D eigenvalue weighted by Crippen LogP contribution is -2.29. The predicted octanol–water partition coefficient (Wildman–Crippen LogP) is -1.51. The highest BCUT2D eigenvalue weighted by Gasteiger charge is 2.14. The molecule has 1 heterocycles. The summed E-state index contributed by atoms with van der Waals surface area (Å²) in [6.07, 6.45) is 0. The van der Waals surface area contributed by atoms with Gasteiger partial charge in [-0.2, -0.15) is 0 Å². The van der Waals surface area contributed by atoms with E-state index in [0.717, 1.165) is 0 Å². The minimum absolute atomic E-state index is 0.0730. The van der Waals surface area contributed by atoms with Gasteiger partial charge in [0.15, 0.2) is 0 Å². The van der Waals surface area contributed by atoms with Gasteiger partial charge in [0.2, 0.25) is 10.0 Å². The number of benzene rings is 1. The van der Waals surface area contributed by atoms with E-state index in [1.165, 1.54) is 18.2 Å². The molecule has 0 spiro atoms. The number of sulfonamides is 1. The molecule has 0 aliphatic rings. The molecule has 0 atom stereocenters. The van der Waals surface area contributed by atoms with Crippen LogP contribution in [0.15, 0.2) is 32.7 Å². The van der Waals surface area contributed by atoms with Crippen LogP contribution in [0, 0.1) is 0 Å². The van der Waals surface area contributed by atoms with Gasteiger partial charge in [0.05, 0.1) is 22.5 Å². The fourth-order valence-corrected chi connectivity index (χ4v) is 2.57. The van der Waals surface area contributed by atoms with Crippen molar-refractivity contribution < 1.29 is 13.5 Å². The maximum atomic E-state index is 11.8. The van der Waals surface area contributed by atoms with Crippen LogP contribution in [0.4, 0.5) is 0 Å². The van der Waals surface area contributed by atoms with Gasteiger partial charge in [0, 0.05) is 6.54 Å². The number of aliphatic hydroxyl groups excluding tert-OH is 1. The molecule has 9 heteroatoms. The predicted molar refractivity (Wildman–Crippen MR) is 67.5 cm³/mol. The van der Waals surface area contributed by atoms with Crippen LogP contribution in [0.1, 0.15) is 0 Å². The number of rotatable bonds is 4. The number of hydrogen-bond donors (Lipinski definition) is 4. The third kappa shape index (κ3) is 2.72. The molecule has 0 saturated carbocycles. The van der Waals surface area contributed by atoms with Gasteiger partial charge in [-0.3, -0.25) is 9.59 Å². The van der Waals surface area contributed by atoms with Crippen molar-refractivity contribution in [3.63, 3.8) is 0 Å². The largest absolute Gasteiger partial charge is 0.395 e. The molecule has 0 amide bonds. The Labute approximate surface area is 107 Å². The van der Waals surface area contributed by atoms with E-state index in [4.69, 9.17) is 5.11 Å². The van der Waals surface area contributed by atoms with Crippen molar-refractivity contribution in [3.8, 4) is 0 Å². The number of nitrogens with one attached hydrogen (secondary N) is 3. The van der Waals surface area contributed by atoms with Gasteiger partial charge < -0.3 is 15.1 Å².